The molecule has 1 saturated heterocycles. The summed E-state index contributed by atoms with van der Waals surface area (Å²) in [4.78, 5) is 14.9. The molecule has 0 bridgehead atoms. The molecule has 2 aromatic rings. The van der Waals surface area contributed by atoms with Gasteiger partial charge in [0.1, 0.15) is 5.54 Å². The third-order valence-corrected chi connectivity index (χ3v) is 4.98. The second-order valence-corrected chi connectivity index (χ2v) is 7.28. The third kappa shape index (κ3) is 3.23. The van der Waals surface area contributed by atoms with Crippen LogP contribution in [-0.2, 0) is 11.0 Å². The lowest BCUT2D eigenvalue weighted by Crippen LogP contribution is -2.44. The molecule has 0 radical (unpaired) electrons. The highest BCUT2D eigenvalue weighted by atomic mass is 32.1. The Balaban J connectivity index is 2.15. The first-order chi connectivity index (χ1) is 13.8. The minimum atomic E-state index is -4.86. The summed E-state index contributed by atoms with van der Waals surface area (Å²) in [6.07, 6.45) is -4.86. The van der Waals surface area contributed by atoms with E-state index in [9.17, 15) is 31.9 Å². The lowest BCUT2D eigenvalue weighted by atomic mass is 10.0. The van der Waals surface area contributed by atoms with E-state index in [2.05, 4.69) is 0 Å². The summed E-state index contributed by atoms with van der Waals surface area (Å²) in [6, 6.07) is 5.58. The maximum atomic E-state index is 13.8. The second kappa shape index (κ2) is 6.91. The lowest BCUT2D eigenvalue weighted by Gasteiger charge is -2.29. The predicted molar refractivity (Wildman–Crippen MR) is 101 cm³/mol. The monoisotopic (exact) mass is 441 g/mol. The van der Waals surface area contributed by atoms with Gasteiger partial charge in [0.25, 0.3) is 5.91 Å². The molecule has 3 rings (SSSR count). The normalized spacial score (nSPS) is 16.2. The van der Waals surface area contributed by atoms with Crippen LogP contribution < -0.4 is 9.80 Å². The van der Waals surface area contributed by atoms with E-state index in [4.69, 9.17) is 17.5 Å². The summed E-state index contributed by atoms with van der Waals surface area (Å²) < 4.78 is 67.6. The number of rotatable bonds is 2. The van der Waals surface area contributed by atoms with Crippen molar-refractivity contribution in [1.29, 1.82) is 5.26 Å². The number of benzene rings is 2. The molecule has 0 aromatic heterocycles. The molecule has 0 saturated carbocycles. The van der Waals surface area contributed by atoms with Crippen molar-refractivity contribution >= 4 is 34.6 Å². The van der Waals surface area contributed by atoms with Crippen molar-refractivity contribution in [3.63, 3.8) is 0 Å². The van der Waals surface area contributed by atoms with E-state index < -0.39 is 46.1 Å². The van der Waals surface area contributed by atoms with Crippen LogP contribution in [0.25, 0.3) is 0 Å². The Bertz CT molecular complexity index is 1100. The minimum Gasteiger partial charge on any atom is -0.503 e. The number of phenolic OH excluding ortho intramolecular Hbond substituents is 1. The molecular weight excluding hydrogens is 429 g/mol. The van der Waals surface area contributed by atoms with Crippen LogP contribution in [0.15, 0.2) is 30.3 Å². The molecule has 1 N–H and O–H groups in total. The van der Waals surface area contributed by atoms with Gasteiger partial charge in [-0.15, -0.1) is 0 Å². The number of hydrogen-bond acceptors (Lipinski definition) is 4. The largest absolute Gasteiger partial charge is 0.503 e. The first kappa shape index (κ1) is 21.4. The van der Waals surface area contributed by atoms with Crippen molar-refractivity contribution in [1.82, 2.24) is 0 Å². The van der Waals surface area contributed by atoms with Gasteiger partial charge in [0.15, 0.2) is 22.5 Å². The highest BCUT2D eigenvalue weighted by molar-refractivity contribution is 7.81. The van der Waals surface area contributed by atoms with E-state index in [0.29, 0.717) is 6.07 Å². The Morgan fingerprint density at radius 3 is 2.17 bits per heavy atom. The van der Waals surface area contributed by atoms with E-state index >= 15 is 0 Å². The number of alkyl halides is 3. The minimum absolute atomic E-state index is 0.210. The number of amides is 1. The first-order valence-electron chi connectivity index (χ1n) is 8.28. The van der Waals surface area contributed by atoms with Crippen LogP contribution in [0.3, 0.4) is 0 Å². The SMILES string of the molecule is CC1(C)C(=O)N(c2ccc(C#N)c(C(F)(F)F)c2)C(=S)N1c1cc(F)c(O)c(F)c1. The van der Waals surface area contributed by atoms with Crippen molar-refractivity contribution in [2.75, 3.05) is 9.80 Å². The maximum Gasteiger partial charge on any atom is 0.417 e. The molecule has 0 spiro atoms. The molecule has 0 atom stereocenters. The summed E-state index contributed by atoms with van der Waals surface area (Å²) in [5, 5.41) is 17.9. The highest BCUT2D eigenvalue weighted by Gasteiger charge is 2.51. The van der Waals surface area contributed by atoms with Crippen LogP contribution in [0.2, 0.25) is 0 Å². The average Bonchev–Trinajstić information content (AvgIpc) is 2.82. The maximum absolute atomic E-state index is 13.8. The smallest absolute Gasteiger partial charge is 0.417 e. The Hall–Kier alpha value is -3.26. The van der Waals surface area contributed by atoms with E-state index in [-0.39, 0.29) is 16.5 Å². The number of nitrogens with zero attached hydrogens (tertiary/aromatic N) is 3. The second-order valence-electron chi connectivity index (χ2n) is 6.92. The Labute approximate surface area is 172 Å². The molecule has 11 heteroatoms. The van der Waals surface area contributed by atoms with Crippen LogP contribution in [0.5, 0.6) is 5.75 Å². The molecule has 5 nitrogen and oxygen atoms in total. The number of nitriles is 1. The first-order valence-corrected chi connectivity index (χ1v) is 8.69. The van der Waals surface area contributed by atoms with Crippen LogP contribution in [-0.4, -0.2) is 21.7 Å². The van der Waals surface area contributed by atoms with Gasteiger partial charge in [0, 0.05) is 12.1 Å². The summed E-state index contributed by atoms with van der Waals surface area (Å²) in [5.74, 6) is -4.56. The number of aromatic hydroxyl groups is 1. The fraction of sp³-hybridized carbons (Fsp3) is 0.211. The molecule has 1 amide bonds. The van der Waals surface area contributed by atoms with Gasteiger partial charge in [-0.05, 0) is 44.3 Å². The summed E-state index contributed by atoms with van der Waals surface area (Å²) in [6.45, 7) is 2.75. The zero-order valence-electron chi connectivity index (χ0n) is 15.4. The fourth-order valence-electron chi connectivity index (χ4n) is 3.14. The van der Waals surface area contributed by atoms with Gasteiger partial charge in [-0.25, -0.2) is 8.78 Å². The predicted octanol–water partition coefficient (Wildman–Crippen LogP) is 4.48. The van der Waals surface area contributed by atoms with Gasteiger partial charge in [-0.3, -0.25) is 9.69 Å². The van der Waals surface area contributed by atoms with Crippen molar-refractivity contribution in [2.24, 2.45) is 0 Å². The molecule has 1 aliphatic heterocycles. The summed E-state index contributed by atoms with van der Waals surface area (Å²) >= 11 is 5.25. The van der Waals surface area contributed by atoms with Crippen LogP contribution >= 0.6 is 12.2 Å². The van der Waals surface area contributed by atoms with Crippen molar-refractivity contribution in [2.45, 2.75) is 25.6 Å². The lowest BCUT2D eigenvalue weighted by molar-refractivity contribution is -0.137. The van der Waals surface area contributed by atoms with E-state index in [1.54, 1.807) is 0 Å². The number of carbonyl (C=O) groups is 1. The molecule has 1 aliphatic rings. The van der Waals surface area contributed by atoms with Crippen molar-refractivity contribution in [3.8, 4) is 11.8 Å². The number of carbonyl (C=O) groups excluding carboxylic acids is 1. The number of halogens is 5. The number of hydrogen-bond donors (Lipinski definition) is 1. The molecule has 1 fully saturated rings. The van der Waals surface area contributed by atoms with Gasteiger partial charge < -0.3 is 10.0 Å². The van der Waals surface area contributed by atoms with Gasteiger partial charge >= 0.3 is 6.18 Å². The third-order valence-electron chi connectivity index (χ3n) is 4.62. The quantitative estimate of drug-likeness (QED) is 0.550. The average molecular weight is 441 g/mol. The van der Waals surface area contributed by atoms with E-state index in [1.807, 2.05) is 0 Å². The van der Waals surface area contributed by atoms with Crippen molar-refractivity contribution in [3.05, 3.63) is 53.1 Å². The zero-order valence-corrected chi connectivity index (χ0v) is 16.2. The summed E-state index contributed by atoms with van der Waals surface area (Å²) in [7, 11) is 0. The molecule has 156 valence electrons. The Morgan fingerprint density at radius 1 is 1.10 bits per heavy atom. The van der Waals surface area contributed by atoms with Crippen molar-refractivity contribution < 1.29 is 31.9 Å². The molecule has 0 unspecified atom stereocenters. The van der Waals surface area contributed by atoms with Crippen LogP contribution in [0.4, 0.5) is 33.3 Å². The van der Waals surface area contributed by atoms with Gasteiger partial charge in [0.2, 0.25) is 0 Å². The van der Waals surface area contributed by atoms with Gasteiger partial charge in [-0.1, -0.05) is 0 Å². The van der Waals surface area contributed by atoms with E-state index in [0.717, 1.165) is 34.1 Å². The van der Waals surface area contributed by atoms with Gasteiger partial charge in [-0.2, -0.15) is 18.4 Å². The Morgan fingerprint density at radius 2 is 1.67 bits per heavy atom. The number of thiocarbonyl (C=S) groups is 1. The molecular formula is C19H12F5N3O2S. The molecule has 0 aliphatic carbocycles. The Kier molecular flexibility index (Phi) is 4.94. The van der Waals surface area contributed by atoms with Gasteiger partial charge in [0.05, 0.1) is 28.6 Å². The van der Waals surface area contributed by atoms with Crippen LogP contribution in [0, 0.1) is 23.0 Å². The van der Waals surface area contributed by atoms with E-state index in [1.165, 1.54) is 19.9 Å². The molecule has 1 heterocycles. The summed E-state index contributed by atoms with van der Waals surface area (Å²) in [5.41, 5.74) is -3.87. The highest BCUT2D eigenvalue weighted by Crippen LogP contribution is 2.40. The zero-order chi connectivity index (χ0) is 22.6. The molecule has 2 aromatic carbocycles. The standard InChI is InChI=1S/C19H12F5N3O2S/c1-18(2)16(29)26(10-4-3-9(8-25)12(5-10)19(22,23)24)17(30)27(18)11-6-13(20)15(28)14(21)7-11/h3-7,28H,1-2H3. The fourth-order valence-corrected chi connectivity index (χ4v) is 3.66. The number of anilines is 2. The molecule has 30 heavy (non-hydrogen) atoms. The number of phenols is 1. The topological polar surface area (TPSA) is 67.6 Å². The van der Waals surface area contributed by atoms with Crippen LogP contribution in [0.1, 0.15) is 25.0 Å².